The van der Waals surface area contributed by atoms with Crippen molar-refractivity contribution >= 4 is 17.0 Å². The molecular weight excluding hydrogens is 264 g/mol. The van der Waals surface area contributed by atoms with Gasteiger partial charge in [0.2, 0.25) is 0 Å². The van der Waals surface area contributed by atoms with Crippen molar-refractivity contribution in [2.75, 3.05) is 11.9 Å². The number of rotatable bonds is 6. The third-order valence-corrected chi connectivity index (χ3v) is 3.31. The molecule has 0 aliphatic heterocycles. The van der Waals surface area contributed by atoms with Crippen LogP contribution in [-0.4, -0.2) is 26.1 Å². The fourth-order valence-electron chi connectivity index (χ4n) is 2.22. The van der Waals surface area contributed by atoms with Crippen LogP contribution in [-0.2, 0) is 13.1 Å². The molecule has 0 radical (unpaired) electrons. The van der Waals surface area contributed by atoms with E-state index in [1.165, 1.54) is 5.56 Å². The Kier molecular flexibility index (Phi) is 4.07. The van der Waals surface area contributed by atoms with Crippen LogP contribution in [0.1, 0.15) is 12.0 Å². The molecule has 108 valence electrons. The van der Waals surface area contributed by atoms with Gasteiger partial charge in [0.05, 0.1) is 6.33 Å². The zero-order valence-corrected chi connectivity index (χ0v) is 11.7. The summed E-state index contributed by atoms with van der Waals surface area (Å²) in [5.41, 5.74) is 8.39. The molecule has 0 saturated heterocycles. The molecule has 0 saturated carbocycles. The lowest BCUT2D eigenvalue weighted by molar-refractivity contribution is 0.661. The van der Waals surface area contributed by atoms with Crippen molar-refractivity contribution in [3.8, 4) is 0 Å². The summed E-state index contributed by atoms with van der Waals surface area (Å²) in [6.45, 7) is 2.19. The summed E-state index contributed by atoms with van der Waals surface area (Å²) in [7, 11) is 0. The number of imidazole rings is 1. The van der Waals surface area contributed by atoms with Crippen LogP contribution < -0.4 is 11.1 Å². The van der Waals surface area contributed by atoms with E-state index in [9.17, 15) is 0 Å². The van der Waals surface area contributed by atoms with Crippen LogP contribution in [0.4, 0.5) is 5.82 Å². The highest BCUT2D eigenvalue weighted by molar-refractivity contribution is 5.82. The zero-order valence-electron chi connectivity index (χ0n) is 11.7. The predicted molar refractivity (Wildman–Crippen MR) is 82.8 cm³/mol. The molecular formula is C15H18N6. The predicted octanol–water partition coefficient (Wildman–Crippen LogP) is 1.79. The van der Waals surface area contributed by atoms with Gasteiger partial charge < -0.3 is 15.6 Å². The minimum atomic E-state index is 0.657. The maximum absolute atomic E-state index is 5.55. The number of fused-ring (bicyclic) bond motifs is 1. The van der Waals surface area contributed by atoms with Gasteiger partial charge in [-0.25, -0.2) is 15.0 Å². The molecule has 0 fully saturated rings. The van der Waals surface area contributed by atoms with Gasteiger partial charge >= 0.3 is 0 Å². The average molecular weight is 282 g/mol. The molecule has 3 rings (SSSR count). The highest BCUT2D eigenvalue weighted by Gasteiger charge is 2.09. The summed E-state index contributed by atoms with van der Waals surface area (Å²) < 4.78 is 2.01. The molecule has 0 atom stereocenters. The quantitative estimate of drug-likeness (QED) is 0.720. The Morgan fingerprint density at radius 2 is 1.95 bits per heavy atom. The molecule has 0 aliphatic carbocycles. The van der Waals surface area contributed by atoms with Crippen molar-refractivity contribution in [1.82, 2.24) is 19.5 Å². The summed E-state index contributed by atoms with van der Waals surface area (Å²) >= 11 is 0. The molecule has 2 heterocycles. The van der Waals surface area contributed by atoms with Gasteiger partial charge in [-0.2, -0.15) is 0 Å². The molecule has 1 aromatic carbocycles. The van der Waals surface area contributed by atoms with Gasteiger partial charge in [0, 0.05) is 13.1 Å². The summed E-state index contributed by atoms with van der Waals surface area (Å²) in [5.74, 6) is 0.760. The van der Waals surface area contributed by atoms with Crippen LogP contribution in [0.25, 0.3) is 11.2 Å². The molecule has 6 heteroatoms. The standard InChI is InChI=1S/C15H18N6/c16-7-4-8-21-11-20-13-14(18-10-19-15(13)21)17-9-12-5-2-1-3-6-12/h1-3,5-6,10-11H,4,7-9,16H2,(H,17,18,19). The number of anilines is 1. The normalized spacial score (nSPS) is 10.9. The first kappa shape index (κ1) is 13.5. The number of nitrogens with zero attached hydrogens (tertiary/aromatic N) is 4. The first-order valence-corrected chi connectivity index (χ1v) is 7.02. The fourth-order valence-corrected chi connectivity index (χ4v) is 2.22. The molecule has 3 N–H and O–H groups in total. The van der Waals surface area contributed by atoms with Crippen molar-refractivity contribution in [3.63, 3.8) is 0 Å². The SMILES string of the molecule is NCCCn1cnc2c(NCc3ccccc3)ncnc21. The Hall–Kier alpha value is -2.47. The third-order valence-electron chi connectivity index (χ3n) is 3.31. The molecule has 0 aliphatic rings. The van der Waals surface area contributed by atoms with E-state index in [0.717, 1.165) is 29.9 Å². The van der Waals surface area contributed by atoms with E-state index in [-0.39, 0.29) is 0 Å². The van der Waals surface area contributed by atoms with Crippen molar-refractivity contribution < 1.29 is 0 Å². The van der Waals surface area contributed by atoms with Crippen LogP contribution in [0.2, 0.25) is 0 Å². The van der Waals surface area contributed by atoms with Gasteiger partial charge in [-0.1, -0.05) is 30.3 Å². The minimum Gasteiger partial charge on any atom is -0.364 e. The van der Waals surface area contributed by atoms with E-state index in [2.05, 4.69) is 32.4 Å². The summed E-state index contributed by atoms with van der Waals surface area (Å²) in [6.07, 6.45) is 4.27. The fraction of sp³-hybridized carbons (Fsp3) is 0.267. The number of benzene rings is 1. The van der Waals surface area contributed by atoms with Gasteiger partial charge in [0.1, 0.15) is 11.8 Å². The summed E-state index contributed by atoms with van der Waals surface area (Å²) in [5, 5.41) is 3.32. The van der Waals surface area contributed by atoms with Crippen molar-refractivity contribution in [3.05, 3.63) is 48.5 Å². The lowest BCUT2D eigenvalue weighted by Crippen LogP contribution is -2.06. The monoisotopic (exact) mass is 282 g/mol. The molecule has 6 nitrogen and oxygen atoms in total. The molecule has 2 aromatic heterocycles. The first-order chi connectivity index (χ1) is 10.4. The Morgan fingerprint density at radius 1 is 1.10 bits per heavy atom. The Morgan fingerprint density at radius 3 is 2.76 bits per heavy atom. The number of hydrogen-bond acceptors (Lipinski definition) is 5. The van der Waals surface area contributed by atoms with Crippen molar-refractivity contribution in [2.45, 2.75) is 19.5 Å². The maximum atomic E-state index is 5.55. The van der Waals surface area contributed by atoms with E-state index in [4.69, 9.17) is 5.73 Å². The van der Waals surface area contributed by atoms with Crippen molar-refractivity contribution in [2.24, 2.45) is 5.73 Å². The second kappa shape index (κ2) is 6.32. The Balaban J connectivity index is 1.81. The Bertz CT molecular complexity index is 707. The van der Waals surface area contributed by atoms with Crippen LogP contribution in [0.5, 0.6) is 0 Å². The number of aromatic nitrogens is 4. The van der Waals surface area contributed by atoms with Gasteiger partial charge in [-0.05, 0) is 18.5 Å². The molecule has 0 bridgehead atoms. The van der Waals surface area contributed by atoms with E-state index in [1.807, 2.05) is 22.8 Å². The van der Waals surface area contributed by atoms with Gasteiger partial charge in [-0.15, -0.1) is 0 Å². The van der Waals surface area contributed by atoms with E-state index < -0.39 is 0 Å². The van der Waals surface area contributed by atoms with E-state index in [0.29, 0.717) is 13.1 Å². The first-order valence-electron chi connectivity index (χ1n) is 7.02. The number of aryl methyl sites for hydroxylation is 1. The smallest absolute Gasteiger partial charge is 0.165 e. The van der Waals surface area contributed by atoms with Gasteiger partial charge in [-0.3, -0.25) is 0 Å². The van der Waals surface area contributed by atoms with Crippen LogP contribution in [0.3, 0.4) is 0 Å². The second-order valence-electron chi connectivity index (χ2n) is 4.81. The zero-order chi connectivity index (χ0) is 14.5. The highest BCUT2D eigenvalue weighted by atomic mass is 15.1. The maximum Gasteiger partial charge on any atom is 0.165 e. The largest absolute Gasteiger partial charge is 0.364 e. The average Bonchev–Trinajstić information content (AvgIpc) is 2.95. The lowest BCUT2D eigenvalue weighted by atomic mass is 10.2. The topological polar surface area (TPSA) is 81.7 Å². The van der Waals surface area contributed by atoms with Crippen LogP contribution in [0.15, 0.2) is 43.0 Å². The highest BCUT2D eigenvalue weighted by Crippen LogP contribution is 2.18. The van der Waals surface area contributed by atoms with Gasteiger partial charge in [0.25, 0.3) is 0 Å². The third kappa shape index (κ3) is 3.00. The minimum absolute atomic E-state index is 0.657. The molecule has 0 amide bonds. The lowest BCUT2D eigenvalue weighted by Gasteiger charge is -2.06. The van der Waals surface area contributed by atoms with E-state index >= 15 is 0 Å². The molecule has 21 heavy (non-hydrogen) atoms. The molecule has 3 aromatic rings. The number of hydrogen-bond donors (Lipinski definition) is 2. The van der Waals surface area contributed by atoms with E-state index in [1.54, 1.807) is 12.7 Å². The van der Waals surface area contributed by atoms with Crippen LogP contribution in [0, 0.1) is 0 Å². The number of nitrogens with one attached hydrogen (secondary N) is 1. The summed E-state index contributed by atoms with van der Waals surface area (Å²) in [4.78, 5) is 13.0. The summed E-state index contributed by atoms with van der Waals surface area (Å²) in [6, 6.07) is 10.2. The Labute approximate surface area is 123 Å². The molecule has 0 unspecified atom stereocenters. The second-order valence-corrected chi connectivity index (χ2v) is 4.81. The number of nitrogens with two attached hydrogens (primary N) is 1. The van der Waals surface area contributed by atoms with Gasteiger partial charge in [0.15, 0.2) is 11.5 Å². The van der Waals surface area contributed by atoms with Crippen LogP contribution >= 0.6 is 0 Å². The molecule has 0 spiro atoms. The van der Waals surface area contributed by atoms with Crippen molar-refractivity contribution in [1.29, 1.82) is 0 Å².